The second-order valence-corrected chi connectivity index (χ2v) is 4.90. The maximum absolute atomic E-state index is 13.7. The van der Waals surface area contributed by atoms with Crippen molar-refractivity contribution in [3.63, 3.8) is 0 Å². The fourth-order valence-corrected chi connectivity index (χ4v) is 2.14. The van der Waals surface area contributed by atoms with Crippen molar-refractivity contribution in [2.75, 3.05) is 11.6 Å². The average Bonchev–Trinajstić information content (AvgIpc) is 2.57. The van der Waals surface area contributed by atoms with Crippen LogP contribution in [-0.2, 0) is 13.0 Å². The molecule has 0 bridgehead atoms. The van der Waals surface area contributed by atoms with Crippen LogP contribution in [0.1, 0.15) is 11.1 Å². The van der Waals surface area contributed by atoms with E-state index < -0.39 is 0 Å². The Morgan fingerprint density at radius 3 is 2.74 bits per heavy atom. The zero-order chi connectivity index (χ0) is 16.5. The van der Waals surface area contributed by atoms with Crippen molar-refractivity contribution in [3.8, 4) is 0 Å². The molecule has 4 N–H and O–H groups in total. The zero-order valence-corrected chi connectivity index (χ0v) is 12.8. The number of allylic oxidation sites excluding steroid dienone is 1. The predicted molar refractivity (Wildman–Crippen MR) is 91.4 cm³/mol. The smallest absolute Gasteiger partial charge is 0.146 e. The molecular formula is C17H20FN5. The Kier molecular flexibility index (Phi) is 6.26. The van der Waals surface area contributed by atoms with Gasteiger partial charge in [-0.2, -0.15) is 0 Å². The number of hydrogen-bond acceptors (Lipinski definition) is 5. The van der Waals surface area contributed by atoms with Crippen LogP contribution in [0.25, 0.3) is 0 Å². The highest BCUT2D eigenvalue weighted by Crippen LogP contribution is 2.18. The predicted octanol–water partition coefficient (Wildman–Crippen LogP) is 2.19. The highest BCUT2D eigenvalue weighted by Gasteiger charge is 2.11. The molecule has 0 saturated heterocycles. The summed E-state index contributed by atoms with van der Waals surface area (Å²) in [4.78, 5) is 8.53. The van der Waals surface area contributed by atoms with Gasteiger partial charge in [0.2, 0.25) is 0 Å². The van der Waals surface area contributed by atoms with Gasteiger partial charge >= 0.3 is 0 Å². The molecule has 0 saturated carbocycles. The standard InChI is InChI=1S/C17H20FN5/c18-16-7-2-1-5-15(16)13-23(20)17-14(6-3-11-22-17)8-12-21-10-4-9-19/h1-7,9-11H,8,12-13,19-20H2/b9-4-,21-10?. The molecule has 0 aliphatic carbocycles. The molecule has 0 atom stereocenters. The topological polar surface area (TPSA) is 80.5 Å². The van der Waals surface area contributed by atoms with E-state index in [0.717, 1.165) is 5.56 Å². The second kappa shape index (κ2) is 8.65. The van der Waals surface area contributed by atoms with E-state index in [2.05, 4.69) is 9.98 Å². The molecular weight excluding hydrogens is 293 g/mol. The Balaban J connectivity index is 2.08. The Morgan fingerprint density at radius 2 is 1.96 bits per heavy atom. The molecule has 2 aromatic rings. The normalized spacial score (nSPS) is 11.4. The van der Waals surface area contributed by atoms with Crippen LogP contribution >= 0.6 is 0 Å². The number of halogens is 1. The van der Waals surface area contributed by atoms with Crippen molar-refractivity contribution < 1.29 is 4.39 Å². The molecule has 0 radical (unpaired) electrons. The van der Waals surface area contributed by atoms with E-state index in [1.807, 2.05) is 12.1 Å². The van der Waals surface area contributed by atoms with Crippen LogP contribution in [0.2, 0.25) is 0 Å². The summed E-state index contributed by atoms with van der Waals surface area (Å²) in [5.74, 6) is 6.43. The lowest BCUT2D eigenvalue weighted by molar-refractivity contribution is 0.604. The van der Waals surface area contributed by atoms with Gasteiger partial charge in [0.1, 0.15) is 11.6 Å². The largest absolute Gasteiger partial charge is 0.405 e. The lowest BCUT2D eigenvalue weighted by Gasteiger charge is -2.20. The van der Waals surface area contributed by atoms with Gasteiger partial charge in [0.25, 0.3) is 0 Å². The van der Waals surface area contributed by atoms with Crippen molar-refractivity contribution in [3.05, 3.63) is 71.8 Å². The van der Waals surface area contributed by atoms with Crippen LogP contribution in [0, 0.1) is 5.82 Å². The number of nitrogens with zero attached hydrogens (tertiary/aromatic N) is 3. The summed E-state index contributed by atoms with van der Waals surface area (Å²) < 4.78 is 13.7. The summed E-state index contributed by atoms with van der Waals surface area (Å²) in [7, 11) is 0. The first-order valence-electron chi connectivity index (χ1n) is 7.28. The van der Waals surface area contributed by atoms with E-state index in [0.29, 0.717) is 24.3 Å². The summed E-state index contributed by atoms with van der Waals surface area (Å²) in [6.45, 7) is 0.840. The fourth-order valence-electron chi connectivity index (χ4n) is 2.14. The number of benzene rings is 1. The number of rotatable bonds is 7. The van der Waals surface area contributed by atoms with E-state index in [-0.39, 0.29) is 12.4 Å². The Bertz CT molecular complexity index is 684. The highest BCUT2D eigenvalue weighted by atomic mass is 19.1. The molecule has 23 heavy (non-hydrogen) atoms. The number of aromatic nitrogens is 1. The SMILES string of the molecule is N/C=C\C=NCCc1cccnc1N(N)Cc1ccccc1F. The van der Waals surface area contributed by atoms with E-state index in [4.69, 9.17) is 11.6 Å². The van der Waals surface area contributed by atoms with Crippen LogP contribution in [-0.4, -0.2) is 17.7 Å². The van der Waals surface area contributed by atoms with Gasteiger partial charge in [0.15, 0.2) is 0 Å². The van der Waals surface area contributed by atoms with Gasteiger partial charge in [0.05, 0.1) is 6.54 Å². The number of pyridine rings is 1. The lowest BCUT2D eigenvalue weighted by atomic mass is 10.1. The third kappa shape index (κ3) is 4.89. The number of hydrogen-bond donors (Lipinski definition) is 2. The summed E-state index contributed by atoms with van der Waals surface area (Å²) in [5, 5.41) is 1.46. The van der Waals surface area contributed by atoms with Crippen LogP contribution in [0.3, 0.4) is 0 Å². The van der Waals surface area contributed by atoms with Crippen LogP contribution < -0.4 is 16.6 Å². The molecule has 6 heteroatoms. The van der Waals surface area contributed by atoms with Crippen molar-refractivity contribution in [2.45, 2.75) is 13.0 Å². The van der Waals surface area contributed by atoms with E-state index in [1.54, 1.807) is 36.7 Å². The van der Waals surface area contributed by atoms with Crippen molar-refractivity contribution in [1.29, 1.82) is 0 Å². The molecule has 0 aliphatic rings. The minimum Gasteiger partial charge on any atom is -0.405 e. The summed E-state index contributed by atoms with van der Waals surface area (Å²) in [6, 6.07) is 10.4. The Morgan fingerprint density at radius 1 is 1.17 bits per heavy atom. The molecule has 0 unspecified atom stereocenters. The average molecular weight is 313 g/mol. The molecule has 2 rings (SSSR count). The molecule has 0 fully saturated rings. The van der Waals surface area contributed by atoms with Gasteiger partial charge in [0, 0.05) is 24.5 Å². The summed E-state index contributed by atoms with van der Waals surface area (Å²) in [5.41, 5.74) is 6.72. The van der Waals surface area contributed by atoms with Crippen molar-refractivity contribution in [1.82, 2.24) is 4.98 Å². The van der Waals surface area contributed by atoms with Crippen LogP contribution in [0.5, 0.6) is 0 Å². The minimum atomic E-state index is -0.279. The summed E-state index contributed by atoms with van der Waals surface area (Å²) in [6.07, 6.45) is 7.09. The first-order chi connectivity index (χ1) is 11.2. The van der Waals surface area contributed by atoms with Crippen molar-refractivity contribution >= 4 is 12.0 Å². The van der Waals surface area contributed by atoms with Crippen molar-refractivity contribution in [2.24, 2.45) is 16.6 Å². The number of nitrogens with two attached hydrogens (primary N) is 2. The highest BCUT2D eigenvalue weighted by molar-refractivity contribution is 5.70. The number of anilines is 1. The minimum absolute atomic E-state index is 0.246. The molecule has 0 spiro atoms. The maximum atomic E-state index is 13.7. The molecule has 0 aliphatic heterocycles. The molecule has 1 heterocycles. The van der Waals surface area contributed by atoms with Gasteiger partial charge < -0.3 is 5.73 Å². The van der Waals surface area contributed by atoms with Gasteiger partial charge in [-0.25, -0.2) is 15.2 Å². The Labute approximate surface area is 135 Å². The van der Waals surface area contributed by atoms with Gasteiger partial charge in [-0.15, -0.1) is 0 Å². The molecule has 1 aromatic heterocycles. The van der Waals surface area contributed by atoms with E-state index in [1.165, 1.54) is 17.3 Å². The first-order valence-corrected chi connectivity index (χ1v) is 7.28. The number of aliphatic imine (C=N–C) groups is 1. The summed E-state index contributed by atoms with van der Waals surface area (Å²) >= 11 is 0. The lowest BCUT2D eigenvalue weighted by Crippen LogP contribution is -2.32. The quantitative estimate of drug-likeness (QED) is 0.466. The zero-order valence-electron chi connectivity index (χ0n) is 12.8. The van der Waals surface area contributed by atoms with Gasteiger partial charge in [-0.3, -0.25) is 10.0 Å². The van der Waals surface area contributed by atoms with Crippen LogP contribution in [0.4, 0.5) is 10.2 Å². The number of hydrazine groups is 1. The van der Waals surface area contributed by atoms with E-state index in [9.17, 15) is 4.39 Å². The van der Waals surface area contributed by atoms with Gasteiger partial charge in [-0.05, 0) is 36.4 Å². The monoisotopic (exact) mass is 313 g/mol. The molecule has 5 nitrogen and oxygen atoms in total. The first kappa shape index (κ1) is 16.6. The molecule has 1 aromatic carbocycles. The fraction of sp³-hybridized carbons (Fsp3) is 0.176. The maximum Gasteiger partial charge on any atom is 0.146 e. The molecule has 0 amide bonds. The van der Waals surface area contributed by atoms with Crippen LogP contribution in [0.15, 0.2) is 59.9 Å². The molecule has 120 valence electrons. The third-order valence-corrected chi connectivity index (χ3v) is 3.25. The van der Waals surface area contributed by atoms with Gasteiger partial charge in [-0.1, -0.05) is 24.3 Å². The second-order valence-electron chi connectivity index (χ2n) is 4.90. The Hall–Kier alpha value is -2.73. The third-order valence-electron chi connectivity index (χ3n) is 3.25. The van der Waals surface area contributed by atoms with E-state index >= 15 is 0 Å².